The van der Waals surface area contributed by atoms with Crippen LogP contribution in [0.5, 0.6) is 0 Å². The van der Waals surface area contributed by atoms with Crippen LogP contribution in [0.3, 0.4) is 0 Å². The second-order valence-electron chi connectivity index (χ2n) is 7.03. The van der Waals surface area contributed by atoms with E-state index in [1.807, 2.05) is 30.3 Å². The molecule has 0 aliphatic heterocycles. The van der Waals surface area contributed by atoms with Crippen molar-refractivity contribution in [2.45, 2.75) is 32.1 Å². The van der Waals surface area contributed by atoms with Gasteiger partial charge in [0, 0.05) is 5.69 Å². The van der Waals surface area contributed by atoms with Crippen LogP contribution in [0.25, 0.3) is 11.1 Å². The van der Waals surface area contributed by atoms with E-state index in [0.29, 0.717) is 12.8 Å². The van der Waals surface area contributed by atoms with Gasteiger partial charge in [0.25, 0.3) is 0 Å². The summed E-state index contributed by atoms with van der Waals surface area (Å²) in [4.78, 5) is 24.0. The number of aliphatic carboxylic acids is 1. The van der Waals surface area contributed by atoms with E-state index >= 15 is 0 Å². The summed E-state index contributed by atoms with van der Waals surface area (Å²) in [7, 11) is 0. The summed E-state index contributed by atoms with van der Waals surface area (Å²) in [6, 6.07) is 14.3. The lowest BCUT2D eigenvalue weighted by Crippen LogP contribution is -2.36. The maximum atomic E-state index is 12.6. The number of rotatable bonds is 3. The lowest BCUT2D eigenvalue weighted by atomic mass is 9.78. The standard InChI is InChI=1S/C21H21NO3/c23-20(18-7-3-4-8-19(18)21(24)25)22-15-9-10-17-14(12-15)11-13-5-1-2-6-16(13)17/h1-2,5-6,9-10,12,18-19H,3-4,7-8,11H2,(H,22,23)(H,24,25)/t18-,19-/m0/s1. The normalized spacial score (nSPS) is 21.3. The van der Waals surface area contributed by atoms with Crippen LogP contribution in [0, 0.1) is 11.8 Å². The minimum atomic E-state index is -0.857. The zero-order valence-corrected chi connectivity index (χ0v) is 14.0. The lowest BCUT2D eigenvalue weighted by molar-refractivity contribution is -0.147. The van der Waals surface area contributed by atoms with E-state index < -0.39 is 17.8 Å². The summed E-state index contributed by atoms with van der Waals surface area (Å²) < 4.78 is 0. The molecule has 2 aliphatic carbocycles. The van der Waals surface area contributed by atoms with Gasteiger partial charge in [-0.3, -0.25) is 9.59 Å². The number of carbonyl (C=O) groups is 2. The number of fused-ring (bicyclic) bond motifs is 3. The topological polar surface area (TPSA) is 66.4 Å². The number of hydrogen-bond acceptors (Lipinski definition) is 2. The molecule has 2 atom stereocenters. The SMILES string of the molecule is O=C(O)[C@H]1CCCC[C@@H]1C(=O)Nc1ccc2c(c1)Cc1ccccc1-2. The fourth-order valence-corrected chi connectivity index (χ4v) is 4.20. The number of benzene rings is 2. The highest BCUT2D eigenvalue weighted by Gasteiger charge is 2.35. The Morgan fingerprint density at radius 3 is 2.44 bits per heavy atom. The Kier molecular flexibility index (Phi) is 4.04. The Labute approximate surface area is 146 Å². The Bertz CT molecular complexity index is 843. The smallest absolute Gasteiger partial charge is 0.307 e. The molecule has 4 heteroatoms. The molecule has 2 N–H and O–H groups in total. The number of amides is 1. The Hall–Kier alpha value is -2.62. The largest absolute Gasteiger partial charge is 0.481 e. The summed E-state index contributed by atoms with van der Waals surface area (Å²) >= 11 is 0. The number of carbonyl (C=O) groups excluding carboxylic acids is 1. The minimum absolute atomic E-state index is 0.164. The van der Waals surface area contributed by atoms with Crippen LogP contribution in [0.15, 0.2) is 42.5 Å². The monoisotopic (exact) mass is 335 g/mol. The molecule has 1 saturated carbocycles. The first-order valence-corrected chi connectivity index (χ1v) is 8.88. The fourth-order valence-electron chi connectivity index (χ4n) is 4.20. The van der Waals surface area contributed by atoms with E-state index in [1.165, 1.54) is 22.3 Å². The zero-order valence-electron chi connectivity index (χ0n) is 14.0. The molecule has 4 rings (SSSR count). The predicted molar refractivity (Wildman–Crippen MR) is 96.4 cm³/mol. The Morgan fingerprint density at radius 1 is 0.920 bits per heavy atom. The van der Waals surface area contributed by atoms with Crippen LogP contribution >= 0.6 is 0 Å². The molecule has 4 nitrogen and oxygen atoms in total. The third-order valence-corrected chi connectivity index (χ3v) is 5.48. The van der Waals surface area contributed by atoms with Crippen molar-refractivity contribution >= 4 is 17.6 Å². The van der Waals surface area contributed by atoms with Crippen molar-refractivity contribution in [3.8, 4) is 11.1 Å². The van der Waals surface area contributed by atoms with Crippen molar-refractivity contribution in [1.82, 2.24) is 0 Å². The van der Waals surface area contributed by atoms with Gasteiger partial charge >= 0.3 is 5.97 Å². The molecule has 0 bridgehead atoms. The van der Waals surface area contributed by atoms with Gasteiger partial charge < -0.3 is 10.4 Å². The quantitative estimate of drug-likeness (QED) is 0.758. The summed E-state index contributed by atoms with van der Waals surface area (Å²) in [5, 5.41) is 12.3. The highest BCUT2D eigenvalue weighted by atomic mass is 16.4. The van der Waals surface area contributed by atoms with Gasteiger partial charge in [-0.05, 0) is 53.6 Å². The summed E-state index contributed by atoms with van der Waals surface area (Å²) in [6.45, 7) is 0. The van der Waals surface area contributed by atoms with Crippen LogP contribution < -0.4 is 5.32 Å². The van der Waals surface area contributed by atoms with Crippen LogP contribution in [0.4, 0.5) is 5.69 Å². The fraction of sp³-hybridized carbons (Fsp3) is 0.333. The first kappa shape index (κ1) is 15.9. The van der Waals surface area contributed by atoms with Crippen LogP contribution in [0.2, 0.25) is 0 Å². The van der Waals surface area contributed by atoms with Gasteiger partial charge in [0.05, 0.1) is 11.8 Å². The first-order valence-electron chi connectivity index (χ1n) is 8.88. The molecule has 0 spiro atoms. The van der Waals surface area contributed by atoms with E-state index in [4.69, 9.17) is 0 Å². The molecule has 0 radical (unpaired) electrons. The van der Waals surface area contributed by atoms with Gasteiger partial charge in [-0.15, -0.1) is 0 Å². The van der Waals surface area contributed by atoms with Gasteiger partial charge in [-0.25, -0.2) is 0 Å². The summed E-state index contributed by atoms with van der Waals surface area (Å²) in [5.41, 5.74) is 5.74. The molecule has 25 heavy (non-hydrogen) atoms. The van der Waals surface area contributed by atoms with Gasteiger partial charge in [0.15, 0.2) is 0 Å². The highest BCUT2D eigenvalue weighted by molar-refractivity contribution is 5.95. The second kappa shape index (κ2) is 6.36. The highest BCUT2D eigenvalue weighted by Crippen LogP contribution is 2.38. The number of anilines is 1. The molecule has 0 aromatic heterocycles. The number of carboxylic acid groups (broad SMARTS) is 1. The first-order chi connectivity index (χ1) is 12.1. The van der Waals surface area contributed by atoms with Gasteiger partial charge in [0.1, 0.15) is 0 Å². The third kappa shape index (κ3) is 2.93. The average molecular weight is 335 g/mol. The molecule has 128 valence electrons. The number of carboxylic acids is 1. The van der Waals surface area contributed by atoms with E-state index in [9.17, 15) is 14.7 Å². The average Bonchev–Trinajstić information content (AvgIpc) is 2.99. The molecule has 0 unspecified atom stereocenters. The molecule has 2 aromatic carbocycles. The molecule has 1 fully saturated rings. The van der Waals surface area contributed by atoms with Crippen molar-refractivity contribution in [1.29, 1.82) is 0 Å². The third-order valence-electron chi connectivity index (χ3n) is 5.48. The van der Waals surface area contributed by atoms with E-state index in [-0.39, 0.29) is 5.91 Å². The van der Waals surface area contributed by atoms with Crippen molar-refractivity contribution in [3.05, 3.63) is 53.6 Å². The predicted octanol–water partition coefficient (Wildman–Crippen LogP) is 4.09. The second-order valence-corrected chi connectivity index (χ2v) is 7.03. The number of nitrogens with one attached hydrogen (secondary N) is 1. The van der Waals surface area contributed by atoms with Crippen LogP contribution in [-0.4, -0.2) is 17.0 Å². The Balaban J connectivity index is 1.53. The zero-order chi connectivity index (χ0) is 17.4. The molecule has 2 aliphatic rings. The maximum absolute atomic E-state index is 12.6. The number of hydrogen-bond donors (Lipinski definition) is 2. The van der Waals surface area contributed by atoms with Crippen LogP contribution in [-0.2, 0) is 16.0 Å². The molecule has 2 aromatic rings. The molecule has 0 heterocycles. The van der Waals surface area contributed by atoms with Gasteiger partial charge in [0.2, 0.25) is 5.91 Å². The van der Waals surface area contributed by atoms with Crippen molar-refractivity contribution < 1.29 is 14.7 Å². The molecular weight excluding hydrogens is 314 g/mol. The van der Waals surface area contributed by atoms with E-state index in [1.54, 1.807) is 0 Å². The maximum Gasteiger partial charge on any atom is 0.307 e. The molecule has 1 amide bonds. The lowest BCUT2D eigenvalue weighted by Gasteiger charge is -2.27. The summed E-state index contributed by atoms with van der Waals surface area (Å²) in [5.74, 6) is -2.02. The van der Waals surface area contributed by atoms with Crippen molar-refractivity contribution in [3.63, 3.8) is 0 Å². The van der Waals surface area contributed by atoms with Crippen molar-refractivity contribution in [2.24, 2.45) is 11.8 Å². The minimum Gasteiger partial charge on any atom is -0.481 e. The van der Waals surface area contributed by atoms with Gasteiger partial charge in [-0.1, -0.05) is 43.2 Å². The molecule has 0 saturated heterocycles. The molecular formula is C21H21NO3. The van der Waals surface area contributed by atoms with Gasteiger partial charge in [-0.2, -0.15) is 0 Å². The Morgan fingerprint density at radius 2 is 1.64 bits per heavy atom. The van der Waals surface area contributed by atoms with Crippen LogP contribution in [0.1, 0.15) is 36.8 Å². The summed E-state index contributed by atoms with van der Waals surface area (Å²) in [6.07, 6.45) is 3.92. The van der Waals surface area contributed by atoms with Crippen molar-refractivity contribution in [2.75, 3.05) is 5.32 Å². The van der Waals surface area contributed by atoms with E-state index in [0.717, 1.165) is 24.9 Å². The van der Waals surface area contributed by atoms with E-state index in [2.05, 4.69) is 17.4 Å².